The largest absolute Gasteiger partial charge is 0.497 e. The summed E-state index contributed by atoms with van der Waals surface area (Å²) < 4.78 is 5.21. The van der Waals surface area contributed by atoms with Gasteiger partial charge in [0.15, 0.2) is 0 Å². The number of amidine groups is 1. The van der Waals surface area contributed by atoms with E-state index in [1.165, 1.54) is 0 Å². The number of aromatic amines is 1. The molecule has 8 nitrogen and oxygen atoms in total. The van der Waals surface area contributed by atoms with Crippen LogP contribution < -0.4 is 15.5 Å². The maximum Gasteiger partial charge on any atom is 0.272 e. The van der Waals surface area contributed by atoms with Crippen molar-refractivity contribution in [2.45, 2.75) is 13.8 Å². The zero-order valence-electron chi connectivity index (χ0n) is 15.8. The van der Waals surface area contributed by atoms with Gasteiger partial charge < -0.3 is 15.0 Å². The van der Waals surface area contributed by atoms with E-state index in [1.807, 2.05) is 35.8 Å². The van der Waals surface area contributed by atoms with Crippen LogP contribution in [-0.2, 0) is 0 Å². The Kier molecular flexibility index (Phi) is 5.71. The van der Waals surface area contributed by atoms with Gasteiger partial charge in [-0.05, 0) is 55.8 Å². The summed E-state index contributed by atoms with van der Waals surface area (Å²) >= 11 is 0. The molecule has 0 saturated carbocycles. The molecule has 0 aliphatic rings. The number of benzene rings is 2. The van der Waals surface area contributed by atoms with Crippen molar-refractivity contribution in [1.29, 1.82) is 0 Å². The lowest BCUT2D eigenvalue weighted by atomic mass is 10.1. The Labute approximate surface area is 161 Å². The predicted molar refractivity (Wildman–Crippen MR) is 109 cm³/mol. The van der Waals surface area contributed by atoms with Crippen molar-refractivity contribution in [3.05, 3.63) is 59.8 Å². The van der Waals surface area contributed by atoms with E-state index in [0.29, 0.717) is 22.9 Å². The predicted octanol–water partition coefficient (Wildman–Crippen LogP) is 3.55. The molecule has 1 amide bonds. The molecule has 0 aliphatic heterocycles. The third-order valence-electron chi connectivity index (χ3n) is 4.14. The number of hydroxylamine groups is 1. The number of nitrogens with one attached hydrogen (secondary N) is 3. The number of hydrogen-bond acceptors (Lipinski definition) is 5. The van der Waals surface area contributed by atoms with Crippen LogP contribution in [0, 0.1) is 0 Å². The fourth-order valence-electron chi connectivity index (χ4n) is 2.58. The Balaban J connectivity index is 1.72. The number of carbonyl (C=O) groups excluding carboxylic acids is 1. The van der Waals surface area contributed by atoms with E-state index in [0.717, 1.165) is 22.2 Å². The maximum absolute atomic E-state index is 12.5. The summed E-state index contributed by atoms with van der Waals surface area (Å²) in [6.45, 7) is 3.40. The molecule has 0 unspecified atom stereocenters. The Morgan fingerprint density at radius 3 is 2.50 bits per heavy atom. The number of amides is 1. The highest BCUT2D eigenvalue weighted by atomic mass is 16.5. The summed E-state index contributed by atoms with van der Waals surface area (Å²) in [5.74, 6) is 0.794. The number of aromatic nitrogens is 1. The highest BCUT2D eigenvalue weighted by Gasteiger charge is 2.10. The van der Waals surface area contributed by atoms with Gasteiger partial charge in [0.1, 0.15) is 17.3 Å². The first kappa shape index (κ1) is 19.1. The number of anilines is 1. The third-order valence-corrected chi connectivity index (χ3v) is 4.14. The van der Waals surface area contributed by atoms with Crippen LogP contribution in [-0.4, -0.2) is 34.8 Å². The highest BCUT2D eigenvalue weighted by Crippen LogP contribution is 2.22. The van der Waals surface area contributed by atoms with Crippen LogP contribution in [0.2, 0.25) is 0 Å². The van der Waals surface area contributed by atoms with Crippen LogP contribution in [0.1, 0.15) is 29.9 Å². The number of carbonyl (C=O) groups is 1. The molecule has 0 spiro atoms. The minimum Gasteiger partial charge on any atom is -0.497 e. The van der Waals surface area contributed by atoms with Crippen LogP contribution in [0.5, 0.6) is 5.75 Å². The van der Waals surface area contributed by atoms with Crippen LogP contribution in [0.4, 0.5) is 5.69 Å². The Bertz CT molecular complexity index is 1050. The Morgan fingerprint density at radius 2 is 1.82 bits per heavy atom. The minimum atomic E-state index is -0.234. The topological polar surface area (TPSA) is 111 Å². The fourth-order valence-corrected chi connectivity index (χ4v) is 2.58. The van der Waals surface area contributed by atoms with Gasteiger partial charge in [-0.25, -0.2) is 0 Å². The molecule has 0 bridgehead atoms. The summed E-state index contributed by atoms with van der Waals surface area (Å²) in [5, 5.41) is 20.3. The van der Waals surface area contributed by atoms with E-state index in [1.54, 1.807) is 39.2 Å². The van der Waals surface area contributed by atoms with E-state index in [9.17, 15) is 4.79 Å². The minimum absolute atomic E-state index is 0.234. The fraction of sp³-hybridized carbons (Fsp3) is 0.150. The molecular formula is C20H21N5O3. The zero-order chi connectivity index (χ0) is 20.1. The second kappa shape index (κ2) is 8.36. The maximum atomic E-state index is 12.5. The van der Waals surface area contributed by atoms with Gasteiger partial charge in [-0.15, -0.1) is 5.10 Å². The molecular weight excluding hydrogens is 358 g/mol. The molecule has 0 saturated heterocycles. The van der Waals surface area contributed by atoms with Crippen molar-refractivity contribution in [3.8, 4) is 5.75 Å². The summed E-state index contributed by atoms with van der Waals surface area (Å²) in [5.41, 5.74) is 5.44. The first-order valence-electron chi connectivity index (χ1n) is 8.57. The molecule has 0 fully saturated rings. The van der Waals surface area contributed by atoms with E-state index in [-0.39, 0.29) is 5.91 Å². The summed E-state index contributed by atoms with van der Waals surface area (Å²) in [7, 11) is 1.61. The van der Waals surface area contributed by atoms with Crippen LogP contribution in [0.3, 0.4) is 0 Å². The van der Waals surface area contributed by atoms with Gasteiger partial charge >= 0.3 is 0 Å². The zero-order valence-corrected chi connectivity index (χ0v) is 15.8. The molecule has 144 valence electrons. The Morgan fingerprint density at radius 1 is 1.07 bits per heavy atom. The molecule has 28 heavy (non-hydrogen) atoms. The van der Waals surface area contributed by atoms with E-state index in [4.69, 9.17) is 9.94 Å². The van der Waals surface area contributed by atoms with Gasteiger partial charge in [0.05, 0.1) is 12.8 Å². The van der Waals surface area contributed by atoms with E-state index >= 15 is 0 Å². The summed E-state index contributed by atoms with van der Waals surface area (Å²) in [6, 6.07) is 14.6. The number of nitrogens with zero attached hydrogens (tertiary/aromatic N) is 2. The molecule has 4 N–H and O–H groups in total. The molecule has 1 aromatic heterocycles. The monoisotopic (exact) mass is 379 g/mol. The van der Waals surface area contributed by atoms with Crippen molar-refractivity contribution in [1.82, 2.24) is 10.5 Å². The molecule has 0 atom stereocenters. The van der Waals surface area contributed by atoms with Gasteiger partial charge in [-0.3, -0.25) is 15.5 Å². The van der Waals surface area contributed by atoms with Gasteiger partial charge in [0.2, 0.25) is 0 Å². The second-order valence-corrected chi connectivity index (χ2v) is 6.15. The van der Waals surface area contributed by atoms with Gasteiger partial charge in [-0.1, -0.05) is 12.1 Å². The number of hydrogen-bond donors (Lipinski definition) is 4. The number of fused-ring (bicyclic) bond motifs is 1. The van der Waals surface area contributed by atoms with E-state index in [2.05, 4.69) is 20.5 Å². The van der Waals surface area contributed by atoms with Crippen LogP contribution in [0.25, 0.3) is 10.9 Å². The van der Waals surface area contributed by atoms with Gasteiger partial charge in [-0.2, -0.15) is 5.10 Å². The van der Waals surface area contributed by atoms with Crippen LogP contribution >= 0.6 is 0 Å². The average molecular weight is 379 g/mol. The van der Waals surface area contributed by atoms with Crippen molar-refractivity contribution >= 4 is 34.0 Å². The lowest BCUT2D eigenvalue weighted by molar-refractivity contribution is 0.102. The molecule has 3 aromatic rings. The number of ether oxygens (including phenoxy) is 1. The first-order valence-corrected chi connectivity index (χ1v) is 8.57. The quantitative estimate of drug-likeness (QED) is 0.309. The summed E-state index contributed by atoms with van der Waals surface area (Å²) in [6.07, 6.45) is 0. The molecule has 2 aromatic carbocycles. The number of H-pyrrole nitrogens is 1. The number of rotatable bonds is 5. The van der Waals surface area contributed by atoms with Gasteiger partial charge in [0, 0.05) is 16.6 Å². The lowest BCUT2D eigenvalue weighted by Gasteiger charge is -2.05. The molecule has 0 aliphatic carbocycles. The standard InChI is InChI=1S/C20H21N5O3/c1-12(23-24-13(2)25-27)14-4-6-16(7-5-14)21-20(26)19-11-15-10-17(28-3)8-9-18(15)22-19/h4-11,22,27H,1-3H3,(H,21,26)(H,24,25). The SMILES string of the molecule is COc1ccc2[nH]c(C(=O)Nc3ccc(C(C)=NN=C(C)NO)cc3)cc2c1. The lowest BCUT2D eigenvalue weighted by Crippen LogP contribution is -2.14. The van der Waals surface area contributed by atoms with Crippen molar-refractivity contribution in [2.75, 3.05) is 12.4 Å². The summed E-state index contributed by atoms with van der Waals surface area (Å²) in [4.78, 5) is 15.6. The smallest absolute Gasteiger partial charge is 0.272 e. The van der Waals surface area contributed by atoms with Crippen molar-refractivity contribution < 1.29 is 14.7 Å². The van der Waals surface area contributed by atoms with Crippen molar-refractivity contribution in [3.63, 3.8) is 0 Å². The molecule has 8 heteroatoms. The van der Waals surface area contributed by atoms with E-state index < -0.39 is 0 Å². The average Bonchev–Trinajstić information content (AvgIpc) is 3.15. The second-order valence-electron chi connectivity index (χ2n) is 6.15. The van der Waals surface area contributed by atoms with Crippen LogP contribution in [0.15, 0.2) is 58.7 Å². The third kappa shape index (κ3) is 4.36. The van der Waals surface area contributed by atoms with Gasteiger partial charge in [0.25, 0.3) is 5.91 Å². The normalized spacial score (nSPS) is 12.1. The Hall–Kier alpha value is -3.65. The molecule has 1 heterocycles. The molecule has 3 rings (SSSR count). The number of methoxy groups -OCH3 is 1. The first-order chi connectivity index (χ1) is 13.5. The van der Waals surface area contributed by atoms with Crippen molar-refractivity contribution in [2.24, 2.45) is 10.2 Å². The highest BCUT2D eigenvalue weighted by molar-refractivity contribution is 6.06. The molecule has 0 radical (unpaired) electrons.